The summed E-state index contributed by atoms with van der Waals surface area (Å²) in [6.07, 6.45) is 15.3. The van der Waals surface area contributed by atoms with Crippen LogP contribution in [0.4, 0.5) is 0 Å². The molecule has 0 N–H and O–H groups in total. The standard InChI is InChI=1S/2C18H13.2C8H10O3.2Zr/c2*1-2-7-13(6-1)15-10-5-11-17-16-9-4-3-8-14(16)12-18(15)17;2*1-10-6-4-3-5-7(11-2)8(6)9;;/h2*1-6,8-12H,7H2;2*3-5,9H,1-2H3;;/q2*-1;;;2*+2/p-2. The van der Waals surface area contributed by atoms with Gasteiger partial charge in [0.25, 0.3) is 0 Å². The molecule has 0 unspecified atom stereocenters. The van der Waals surface area contributed by atoms with Crippen LogP contribution in [0.5, 0.6) is 34.5 Å². The minimum atomic E-state index is -0.211. The Bertz CT molecular complexity index is 2580. The van der Waals surface area contributed by atoms with Crippen LogP contribution in [0.3, 0.4) is 0 Å². The monoisotopic (exact) mass is 944 g/mol. The molecule has 0 heterocycles. The van der Waals surface area contributed by atoms with Gasteiger partial charge in [0.2, 0.25) is 0 Å². The number of benzene rings is 6. The maximum atomic E-state index is 11.2. The first kappa shape index (κ1) is 45.7. The summed E-state index contributed by atoms with van der Waals surface area (Å²) in [7, 11) is 5.82. The van der Waals surface area contributed by atoms with E-state index in [4.69, 9.17) is 18.9 Å². The van der Waals surface area contributed by atoms with E-state index in [0.29, 0.717) is 23.0 Å². The van der Waals surface area contributed by atoms with Crippen LogP contribution in [-0.2, 0) is 52.4 Å². The molecule has 0 saturated carbocycles. The van der Waals surface area contributed by atoms with E-state index >= 15 is 0 Å². The second kappa shape index (κ2) is 21.7. The zero-order valence-electron chi connectivity index (χ0n) is 34.0. The molecule has 8 aromatic rings. The van der Waals surface area contributed by atoms with Gasteiger partial charge < -0.3 is 29.2 Å². The molecule has 0 aromatic heterocycles. The fraction of sp³-hybridized carbons (Fsp3) is 0.115. The number of ether oxygens (including phenoxy) is 4. The van der Waals surface area contributed by atoms with Crippen molar-refractivity contribution in [1.29, 1.82) is 0 Å². The Morgan fingerprint density at radius 3 is 1.08 bits per heavy atom. The topological polar surface area (TPSA) is 83.0 Å². The van der Waals surface area contributed by atoms with Gasteiger partial charge in [0.1, 0.15) is 23.0 Å². The molecule has 10 rings (SSSR count). The Morgan fingerprint density at radius 1 is 0.417 bits per heavy atom. The van der Waals surface area contributed by atoms with E-state index in [1.165, 1.54) is 93.8 Å². The van der Waals surface area contributed by atoms with Crippen LogP contribution in [-0.4, -0.2) is 28.4 Å². The number of fused-ring (bicyclic) bond motifs is 6. The summed E-state index contributed by atoms with van der Waals surface area (Å²) < 4.78 is 19.2. The zero-order chi connectivity index (χ0) is 40.4. The van der Waals surface area contributed by atoms with Gasteiger partial charge in [-0.05, 0) is 48.6 Å². The molecule has 6 nitrogen and oxygen atoms in total. The number of para-hydroxylation sites is 2. The van der Waals surface area contributed by atoms with Crippen molar-refractivity contribution in [2.75, 3.05) is 28.4 Å². The maximum Gasteiger partial charge on any atom is 2.00 e. The Hall–Kier alpha value is -5.41. The van der Waals surface area contributed by atoms with Crippen LogP contribution in [0.2, 0.25) is 0 Å². The summed E-state index contributed by atoms with van der Waals surface area (Å²) in [5, 5.41) is 33.3. The van der Waals surface area contributed by atoms with Gasteiger partial charge in [0, 0.05) is 0 Å². The van der Waals surface area contributed by atoms with Crippen molar-refractivity contribution in [2.45, 2.75) is 12.8 Å². The summed E-state index contributed by atoms with van der Waals surface area (Å²) in [5.41, 5.74) is 5.62. The Balaban J connectivity index is 0.000000155. The summed E-state index contributed by atoms with van der Waals surface area (Å²) >= 11 is 0. The Kier molecular flexibility index (Phi) is 16.5. The van der Waals surface area contributed by atoms with Gasteiger partial charge >= 0.3 is 52.4 Å². The van der Waals surface area contributed by atoms with Gasteiger partial charge in [0.05, 0.1) is 28.4 Å². The van der Waals surface area contributed by atoms with Crippen molar-refractivity contribution in [3.05, 3.63) is 181 Å². The van der Waals surface area contributed by atoms with Crippen molar-refractivity contribution >= 4 is 54.2 Å². The molecule has 0 fully saturated rings. The largest absolute Gasteiger partial charge is 2.00 e. The van der Waals surface area contributed by atoms with Crippen LogP contribution in [0.15, 0.2) is 170 Å². The number of allylic oxidation sites excluding steroid dienone is 8. The van der Waals surface area contributed by atoms with Crippen LogP contribution in [0, 0.1) is 0 Å². The average Bonchev–Trinajstić information content (AvgIpc) is 4.11. The van der Waals surface area contributed by atoms with Crippen LogP contribution in [0.1, 0.15) is 24.0 Å². The quantitative estimate of drug-likeness (QED) is 0.154. The van der Waals surface area contributed by atoms with Crippen LogP contribution >= 0.6 is 0 Å². The van der Waals surface area contributed by atoms with E-state index in [9.17, 15) is 10.2 Å². The molecule has 0 atom stereocenters. The van der Waals surface area contributed by atoms with Gasteiger partial charge in [0.15, 0.2) is 0 Å². The molecule has 8 aromatic carbocycles. The number of hydrogen-bond acceptors (Lipinski definition) is 6. The molecule has 0 aliphatic heterocycles. The molecule has 0 spiro atoms. The predicted molar refractivity (Wildman–Crippen MR) is 236 cm³/mol. The van der Waals surface area contributed by atoms with Crippen LogP contribution < -0.4 is 29.2 Å². The molecule has 0 amide bonds. The van der Waals surface area contributed by atoms with Crippen molar-refractivity contribution in [3.8, 4) is 34.5 Å². The predicted octanol–water partition coefficient (Wildman–Crippen LogP) is 11.7. The SMILES string of the molecule is C1=CCC(c2cccc3c2[cH-]c2ccccc23)=C1.C1=CCC(c2cccc3c2[cH-]c2ccccc23)=C1.COc1cccc(OC)c1[O-].COc1cccc(OC)c1[O-].[Zr+2].[Zr+2]. The summed E-state index contributed by atoms with van der Waals surface area (Å²) in [5.74, 6) is 0.817. The number of hydrogen-bond donors (Lipinski definition) is 0. The summed E-state index contributed by atoms with van der Waals surface area (Å²) in [6.45, 7) is 0. The summed E-state index contributed by atoms with van der Waals surface area (Å²) in [4.78, 5) is 0. The maximum absolute atomic E-state index is 11.2. The van der Waals surface area contributed by atoms with Crippen molar-refractivity contribution in [1.82, 2.24) is 0 Å². The number of methoxy groups -OCH3 is 4. The van der Waals surface area contributed by atoms with Crippen LogP contribution in [0.25, 0.3) is 54.2 Å². The van der Waals surface area contributed by atoms with Gasteiger partial charge in [-0.15, -0.1) is 67.4 Å². The molecule has 2 aliphatic rings. The minimum Gasteiger partial charge on any atom is -0.867 e. The third-order valence-corrected chi connectivity index (χ3v) is 10.3. The Morgan fingerprint density at radius 2 is 0.750 bits per heavy atom. The minimum absolute atomic E-state index is 0. The smallest absolute Gasteiger partial charge is 0.867 e. The molecule has 8 heteroatoms. The molecular formula is C52H44O6Zr2. The zero-order valence-corrected chi connectivity index (χ0v) is 38.9. The van der Waals surface area contributed by atoms with Gasteiger partial charge in [-0.3, -0.25) is 0 Å². The van der Waals surface area contributed by atoms with E-state index in [1.54, 1.807) is 36.4 Å². The second-order valence-corrected chi connectivity index (χ2v) is 13.6. The third-order valence-electron chi connectivity index (χ3n) is 10.3. The molecule has 0 bridgehead atoms. The fourth-order valence-corrected chi connectivity index (χ4v) is 7.45. The summed E-state index contributed by atoms with van der Waals surface area (Å²) in [6, 6.07) is 45.0. The number of rotatable bonds is 6. The van der Waals surface area contributed by atoms with Crippen molar-refractivity contribution < 1.29 is 81.6 Å². The molecule has 296 valence electrons. The fourth-order valence-electron chi connectivity index (χ4n) is 7.45. The van der Waals surface area contributed by atoms with E-state index < -0.39 is 0 Å². The van der Waals surface area contributed by atoms with Gasteiger partial charge in [-0.1, -0.05) is 144 Å². The van der Waals surface area contributed by atoms with E-state index in [2.05, 4.69) is 134 Å². The second-order valence-electron chi connectivity index (χ2n) is 13.6. The normalized spacial score (nSPS) is 12.1. The van der Waals surface area contributed by atoms with Gasteiger partial charge in [-0.25, -0.2) is 0 Å². The van der Waals surface area contributed by atoms with E-state index in [0.717, 1.165) is 12.8 Å². The van der Waals surface area contributed by atoms with Gasteiger partial charge in [-0.2, -0.15) is 0 Å². The first-order valence-electron chi connectivity index (χ1n) is 19.1. The van der Waals surface area contributed by atoms with Crippen molar-refractivity contribution in [2.24, 2.45) is 0 Å². The molecule has 2 aliphatic carbocycles. The third kappa shape index (κ3) is 9.95. The van der Waals surface area contributed by atoms with E-state index in [1.807, 2.05) is 0 Å². The average molecular weight is 947 g/mol. The first-order valence-corrected chi connectivity index (χ1v) is 19.1. The van der Waals surface area contributed by atoms with Crippen molar-refractivity contribution in [3.63, 3.8) is 0 Å². The molecule has 60 heavy (non-hydrogen) atoms. The first-order chi connectivity index (χ1) is 28.4. The Labute approximate surface area is 389 Å². The molecule has 0 saturated heterocycles. The molecule has 0 radical (unpaired) electrons. The van der Waals surface area contributed by atoms with E-state index in [-0.39, 0.29) is 63.9 Å². The molecular weight excluding hydrogens is 903 g/mol.